The summed E-state index contributed by atoms with van der Waals surface area (Å²) in [5.41, 5.74) is 0. The van der Waals surface area contributed by atoms with Gasteiger partial charge >= 0.3 is 0 Å². The second kappa shape index (κ2) is 3.18. The Bertz CT molecular complexity index is 248. The summed E-state index contributed by atoms with van der Waals surface area (Å²) in [6, 6.07) is 0. The van der Waals surface area contributed by atoms with Gasteiger partial charge in [-0.05, 0) is 6.92 Å². The highest BCUT2D eigenvalue weighted by atomic mass is 32.1. The molecule has 0 radical (unpaired) electrons. The monoisotopic (exact) mass is 153 g/mol. The highest BCUT2D eigenvalue weighted by molar-refractivity contribution is 7.15. The quantitative estimate of drug-likeness (QED) is 0.641. The van der Waals surface area contributed by atoms with Gasteiger partial charge in [0.05, 0.1) is 6.54 Å². The van der Waals surface area contributed by atoms with Crippen molar-refractivity contribution in [2.45, 2.75) is 6.92 Å². The van der Waals surface area contributed by atoms with Gasteiger partial charge in [0.2, 0.25) is 5.13 Å². The normalized spacial score (nSPS) is 8.80. The summed E-state index contributed by atoms with van der Waals surface area (Å²) >= 11 is 1.50. The van der Waals surface area contributed by atoms with E-state index in [9.17, 15) is 0 Å². The number of terminal acetylenes is 1. The SMILES string of the molecule is C#CCNc1nnc(C)s1. The van der Waals surface area contributed by atoms with Crippen LogP contribution in [0.2, 0.25) is 0 Å². The molecule has 0 fully saturated rings. The van der Waals surface area contributed by atoms with Crippen LogP contribution in [0.5, 0.6) is 0 Å². The topological polar surface area (TPSA) is 37.8 Å². The molecule has 0 spiro atoms. The first kappa shape index (κ1) is 7.03. The Kier molecular flexibility index (Phi) is 2.24. The molecule has 0 bridgehead atoms. The largest absolute Gasteiger partial charge is 0.349 e. The first-order valence-corrected chi connectivity index (χ1v) is 3.62. The van der Waals surface area contributed by atoms with Crippen LogP contribution >= 0.6 is 11.3 Å². The van der Waals surface area contributed by atoms with E-state index < -0.39 is 0 Å². The van der Waals surface area contributed by atoms with Gasteiger partial charge in [-0.2, -0.15) is 0 Å². The second-order valence-corrected chi connectivity index (χ2v) is 2.87. The fraction of sp³-hybridized carbons (Fsp3) is 0.333. The molecule has 3 nitrogen and oxygen atoms in total. The minimum atomic E-state index is 0.509. The van der Waals surface area contributed by atoms with Crippen molar-refractivity contribution in [3.63, 3.8) is 0 Å². The molecule has 52 valence electrons. The Morgan fingerprint density at radius 1 is 1.70 bits per heavy atom. The van der Waals surface area contributed by atoms with E-state index in [0.29, 0.717) is 6.54 Å². The number of nitrogens with zero attached hydrogens (tertiary/aromatic N) is 2. The summed E-state index contributed by atoms with van der Waals surface area (Å²) in [6.45, 7) is 2.41. The molecule has 1 aromatic heterocycles. The number of nitrogens with one attached hydrogen (secondary N) is 1. The smallest absolute Gasteiger partial charge is 0.206 e. The molecule has 1 aromatic rings. The molecule has 10 heavy (non-hydrogen) atoms. The molecule has 1 heterocycles. The predicted octanol–water partition coefficient (Wildman–Crippen LogP) is 0.892. The molecule has 0 unspecified atom stereocenters. The highest BCUT2D eigenvalue weighted by Gasteiger charge is 1.95. The third-order valence-electron chi connectivity index (χ3n) is 0.868. The van der Waals surface area contributed by atoms with Crippen molar-refractivity contribution in [3.05, 3.63) is 5.01 Å². The van der Waals surface area contributed by atoms with Gasteiger partial charge in [-0.3, -0.25) is 0 Å². The molecule has 0 aliphatic rings. The molecule has 4 heteroatoms. The van der Waals surface area contributed by atoms with E-state index in [4.69, 9.17) is 6.42 Å². The Labute approximate surface area is 63.5 Å². The van der Waals surface area contributed by atoms with Crippen molar-refractivity contribution < 1.29 is 0 Å². The third-order valence-corrected chi connectivity index (χ3v) is 1.66. The van der Waals surface area contributed by atoms with Gasteiger partial charge in [0.25, 0.3) is 0 Å². The van der Waals surface area contributed by atoms with Gasteiger partial charge < -0.3 is 5.32 Å². The van der Waals surface area contributed by atoms with Crippen LogP contribution in [-0.2, 0) is 0 Å². The van der Waals surface area contributed by atoms with Gasteiger partial charge in [-0.15, -0.1) is 16.6 Å². The molecule has 0 saturated heterocycles. The fourth-order valence-electron chi connectivity index (χ4n) is 0.495. The highest BCUT2D eigenvalue weighted by Crippen LogP contribution is 2.12. The second-order valence-electron chi connectivity index (χ2n) is 1.68. The maximum Gasteiger partial charge on any atom is 0.206 e. The van der Waals surface area contributed by atoms with E-state index in [1.54, 1.807) is 0 Å². The fourth-order valence-corrected chi connectivity index (χ4v) is 1.08. The summed E-state index contributed by atoms with van der Waals surface area (Å²) < 4.78 is 0. The van der Waals surface area contributed by atoms with Crippen LogP contribution in [0, 0.1) is 19.3 Å². The maximum atomic E-state index is 5.03. The molecule has 0 saturated carbocycles. The summed E-state index contributed by atoms with van der Waals surface area (Å²) in [5.74, 6) is 2.45. The number of hydrogen-bond acceptors (Lipinski definition) is 4. The summed E-state index contributed by atoms with van der Waals surface area (Å²) in [5, 5.41) is 12.3. The van der Waals surface area contributed by atoms with E-state index in [0.717, 1.165) is 10.1 Å². The molecule has 1 rings (SSSR count). The predicted molar refractivity (Wildman–Crippen MR) is 42.0 cm³/mol. The van der Waals surface area contributed by atoms with Gasteiger partial charge in [0.15, 0.2) is 0 Å². The minimum absolute atomic E-state index is 0.509. The van der Waals surface area contributed by atoms with E-state index in [2.05, 4.69) is 21.4 Å². The Morgan fingerprint density at radius 2 is 2.50 bits per heavy atom. The average molecular weight is 153 g/mol. The molecule has 0 aliphatic heterocycles. The number of hydrogen-bond donors (Lipinski definition) is 1. The van der Waals surface area contributed by atoms with Crippen LogP contribution in [0.4, 0.5) is 5.13 Å². The lowest BCUT2D eigenvalue weighted by molar-refractivity contribution is 1.04. The van der Waals surface area contributed by atoms with Gasteiger partial charge in [-0.25, -0.2) is 0 Å². The molecular weight excluding hydrogens is 146 g/mol. The summed E-state index contributed by atoms with van der Waals surface area (Å²) in [4.78, 5) is 0. The van der Waals surface area contributed by atoms with Crippen LogP contribution in [0.3, 0.4) is 0 Å². The zero-order chi connectivity index (χ0) is 7.40. The van der Waals surface area contributed by atoms with Gasteiger partial charge in [0.1, 0.15) is 5.01 Å². The van der Waals surface area contributed by atoms with Crippen molar-refractivity contribution >= 4 is 16.5 Å². The van der Waals surface area contributed by atoms with Crippen molar-refractivity contribution in [2.75, 3.05) is 11.9 Å². The Balaban J connectivity index is 2.52. The molecular formula is C6H7N3S. The number of rotatable bonds is 2. The first-order valence-electron chi connectivity index (χ1n) is 2.80. The third kappa shape index (κ3) is 1.71. The van der Waals surface area contributed by atoms with Gasteiger partial charge in [-0.1, -0.05) is 17.3 Å². The lowest BCUT2D eigenvalue weighted by atomic mass is 10.7. The number of aromatic nitrogens is 2. The van der Waals surface area contributed by atoms with E-state index >= 15 is 0 Å². The van der Waals surface area contributed by atoms with Crippen LogP contribution < -0.4 is 5.32 Å². The summed E-state index contributed by atoms with van der Waals surface area (Å²) in [6.07, 6.45) is 5.03. The molecule has 1 N–H and O–H groups in total. The van der Waals surface area contributed by atoms with Crippen LogP contribution in [0.25, 0.3) is 0 Å². The van der Waals surface area contributed by atoms with Crippen molar-refractivity contribution in [2.24, 2.45) is 0 Å². The Hall–Kier alpha value is -1.08. The van der Waals surface area contributed by atoms with Crippen molar-refractivity contribution in [3.8, 4) is 12.3 Å². The van der Waals surface area contributed by atoms with E-state index in [1.165, 1.54) is 11.3 Å². The van der Waals surface area contributed by atoms with Gasteiger partial charge in [0, 0.05) is 0 Å². The summed E-state index contributed by atoms with van der Waals surface area (Å²) in [7, 11) is 0. The molecule has 0 aliphatic carbocycles. The minimum Gasteiger partial charge on any atom is -0.349 e. The van der Waals surface area contributed by atoms with Crippen LogP contribution in [-0.4, -0.2) is 16.7 Å². The Morgan fingerprint density at radius 3 is 3.00 bits per heavy atom. The molecule has 0 amide bonds. The average Bonchev–Trinajstić information content (AvgIpc) is 2.31. The maximum absolute atomic E-state index is 5.03. The lowest BCUT2D eigenvalue weighted by Crippen LogP contribution is -1.96. The number of anilines is 1. The van der Waals surface area contributed by atoms with Crippen molar-refractivity contribution in [1.82, 2.24) is 10.2 Å². The molecule has 0 atom stereocenters. The zero-order valence-electron chi connectivity index (χ0n) is 5.59. The van der Waals surface area contributed by atoms with Crippen LogP contribution in [0.1, 0.15) is 5.01 Å². The van der Waals surface area contributed by atoms with E-state index in [-0.39, 0.29) is 0 Å². The molecule has 0 aromatic carbocycles. The zero-order valence-corrected chi connectivity index (χ0v) is 6.40. The number of aryl methyl sites for hydroxylation is 1. The first-order chi connectivity index (χ1) is 4.83. The lowest BCUT2D eigenvalue weighted by Gasteiger charge is -1.90. The van der Waals surface area contributed by atoms with Crippen molar-refractivity contribution in [1.29, 1.82) is 0 Å². The standard InChI is InChI=1S/C6H7N3S/c1-3-4-7-6-9-8-5(2)10-6/h1H,4H2,2H3,(H,7,9). The van der Waals surface area contributed by atoms with E-state index in [1.807, 2.05) is 6.92 Å². The van der Waals surface area contributed by atoms with Crippen LogP contribution in [0.15, 0.2) is 0 Å².